The molecule has 0 aliphatic rings. The highest BCUT2D eigenvalue weighted by Crippen LogP contribution is 2.30. The van der Waals surface area contributed by atoms with Gasteiger partial charge in [0.15, 0.2) is 11.5 Å². The minimum Gasteiger partial charge on any atom is -0.490 e. The summed E-state index contributed by atoms with van der Waals surface area (Å²) in [5.74, 6) is -0.617. The quantitative estimate of drug-likeness (QED) is 0.529. The van der Waals surface area contributed by atoms with E-state index in [4.69, 9.17) is 26.8 Å². The minimum atomic E-state index is -0.835. The lowest BCUT2D eigenvalue weighted by atomic mass is 10.2. The van der Waals surface area contributed by atoms with E-state index in [1.54, 1.807) is 24.3 Å². The van der Waals surface area contributed by atoms with Gasteiger partial charge in [0.05, 0.1) is 23.9 Å². The average Bonchev–Trinajstić information content (AvgIpc) is 2.60. The van der Waals surface area contributed by atoms with Crippen LogP contribution in [0.3, 0.4) is 0 Å². The smallest absolute Gasteiger partial charge is 0.314 e. The van der Waals surface area contributed by atoms with Gasteiger partial charge in [-0.2, -0.15) is 0 Å². The number of nitrogens with one attached hydrogen (secondary N) is 2. The molecule has 0 atom stereocenters. The Labute approximate surface area is 156 Å². The normalized spacial score (nSPS) is 10.1. The van der Waals surface area contributed by atoms with Crippen molar-refractivity contribution in [1.29, 1.82) is 0 Å². The predicted octanol–water partition coefficient (Wildman–Crippen LogP) is 3.30. The summed E-state index contributed by atoms with van der Waals surface area (Å²) in [5, 5.41) is 5.25. The molecule has 138 valence electrons. The minimum absolute atomic E-state index is 0.288. The molecule has 0 spiro atoms. The van der Waals surface area contributed by atoms with Crippen LogP contribution in [0.1, 0.15) is 13.8 Å². The molecular weight excluding hydrogens is 358 g/mol. The number of carbonyl (C=O) groups excluding carboxylic acids is 2. The van der Waals surface area contributed by atoms with E-state index in [-0.39, 0.29) is 5.02 Å². The Morgan fingerprint density at radius 2 is 1.46 bits per heavy atom. The van der Waals surface area contributed by atoms with Crippen LogP contribution >= 0.6 is 11.6 Å². The molecule has 0 radical (unpaired) electrons. The van der Waals surface area contributed by atoms with E-state index in [0.29, 0.717) is 41.8 Å². The Balaban J connectivity index is 2.06. The van der Waals surface area contributed by atoms with Crippen LogP contribution in [0.25, 0.3) is 0 Å². The lowest BCUT2D eigenvalue weighted by Gasteiger charge is -2.13. The molecule has 0 unspecified atom stereocenters. The highest BCUT2D eigenvalue weighted by atomic mass is 35.5. The van der Waals surface area contributed by atoms with Crippen LogP contribution < -0.4 is 25.8 Å². The number of hydrogen-bond donors (Lipinski definition) is 3. The summed E-state index contributed by atoms with van der Waals surface area (Å²) in [5.41, 5.74) is 6.77. The molecule has 2 rings (SSSR count). The van der Waals surface area contributed by atoms with E-state index in [1.807, 2.05) is 13.8 Å². The molecule has 0 aliphatic heterocycles. The molecule has 0 aliphatic carbocycles. The van der Waals surface area contributed by atoms with E-state index in [1.165, 1.54) is 12.1 Å². The zero-order valence-electron chi connectivity index (χ0n) is 14.5. The molecule has 0 aromatic heterocycles. The second kappa shape index (κ2) is 8.96. The van der Waals surface area contributed by atoms with Gasteiger partial charge in [0, 0.05) is 17.4 Å². The van der Waals surface area contributed by atoms with Crippen molar-refractivity contribution in [3.8, 4) is 11.5 Å². The third kappa shape index (κ3) is 5.03. The van der Waals surface area contributed by atoms with Crippen LogP contribution in [0.2, 0.25) is 5.02 Å². The molecule has 2 aromatic rings. The first-order valence-electron chi connectivity index (χ1n) is 8.01. The molecule has 0 heterocycles. The summed E-state index contributed by atoms with van der Waals surface area (Å²) in [6.45, 7) is 4.62. The highest BCUT2D eigenvalue weighted by molar-refractivity contribution is 6.43. The summed E-state index contributed by atoms with van der Waals surface area (Å²) in [6.07, 6.45) is 0. The lowest BCUT2D eigenvalue weighted by molar-refractivity contribution is -0.132. The molecule has 0 saturated heterocycles. The van der Waals surface area contributed by atoms with E-state index in [2.05, 4.69) is 10.6 Å². The van der Waals surface area contributed by atoms with E-state index in [0.717, 1.165) is 0 Å². The van der Waals surface area contributed by atoms with Gasteiger partial charge in [-0.25, -0.2) is 0 Å². The monoisotopic (exact) mass is 377 g/mol. The van der Waals surface area contributed by atoms with Crippen LogP contribution in [-0.2, 0) is 9.59 Å². The zero-order valence-corrected chi connectivity index (χ0v) is 15.2. The fourth-order valence-corrected chi connectivity index (χ4v) is 2.29. The van der Waals surface area contributed by atoms with Gasteiger partial charge in [0.1, 0.15) is 0 Å². The van der Waals surface area contributed by atoms with E-state index < -0.39 is 11.8 Å². The highest BCUT2D eigenvalue weighted by Gasteiger charge is 2.16. The first-order chi connectivity index (χ1) is 12.4. The topological polar surface area (TPSA) is 103 Å². The van der Waals surface area contributed by atoms with Gasteiger partial charge in [-0.15, -0.1) is 0 Å². The average molecular weight is 378 g/mol. The summed E-state index contributed by atoms with van der Waals surface area (Å²) < 4.78 is 10.9. The number of carbonyl (C=O) groups is 2. The molecule has 0 fully saturated rings. The second-order valence-electron chi connectivity index (χ2n) is 5.17. The van der Waals surface area contributed by atoms with Crippen LogP contribution in [0.15, 0.2) is 36.4 Å². The molecule has 7 nitrogen and oxygen atoms in total. The van der Waals surface area contributed by atoms with Gasteiger partial charge in [-0.05, 0) is 44.2 Å². The Bertz CT molecular complexity index is 811. The first kappa shape index (κ1) is 19.4. The summed E-state index contributed by atoms with van der Waals surface area (Å²) in [6, 6.07) is 9.44. The van der Waals surface area contributed by atoms with Gasteiger partial charge < -0.3 is 25.8 Å². The molecule has 4 N–H and O–H groups in total. The maximum atomic E-state index is 12.1. The number of rotatable bonds is 6. The number of nitrogens with two attached hydrogens (primary N) is 1. The van der Waals surface area contributed by atoms with Crippen LogP contribution in [0.4, 0.5) is 17.1 Å². The van der Waals surface area contributed by atoms with Crippen LogP contribution in [-0.4, -0.2) is 25.0 Å². The van der Waals surface area contributed by atoms with E-state index in [9.17, 15) is 9.59 Å². The number of anilines is 3. The van der Waals surface area contributed by atoms with Gasteiger partial charge in [-0.3, -0.25) is 9.59 Å². The fourth-order valence-electron chi connectivity index (χ4n) is 2.11. The molecule has 8 heteroatoms. The Morgan fingerprint density at radius 1 is 0.923 bits per heavy atom. The number of halogens is 1. The predicted molar refractivity (Wildman–Crippen MR) is 102 cm³/mol. The van der Waals surface area contributed by atoms with Crippen molar-refractivity contribution < 1.29 is 19.1 Å². The van der Waals surface area contributed by atoms with E-state index >= 15 is 0 Å². The number of hydrogen-bond acceptors (Lipinski definition) is 5. The van der Waals surface area contributed by atoms with Crippen molar-refractivity contribution >= 4 is 40.5 Å². The van der Waals surface area contributed by atoms with Crippen molar-refractivity contribution in [2.75, 3.05) is 29.6 Å². The number of nitrogen functional groups attached to an aromatic ring is 1. The van der Waals surface area contributed by atoms with Crippen LogP contribution in [0, 0.1) is 0 Å². The first-order valence-corrected chi connectivity index (χ1v) is 8.39. The third-order valence-corrected chi connectivity index (χ3v) is 3.59. The van der Waals surface area contributed by atoms with Crippen molar-refractivity contribution in [2.24, 2.45) is 0 Å². The van der Waals surface area contributed by atoms with Gasteiger partial charge in [0.2, 0.25) is 0 Å². The van der Waals surface area contributed by atoms with Crippen molar-refractivity contribution in [3.63, 3.8) is 0 Å². The maximum Gasteiger partial charge on any atom is 0.314 e. The lowest BCUT2D eigenvalue weighted by Crippen LogP contribution is -2.29. The SMILES string of the molecule is CCOc1ccc(NC(=O)C(=O)Nc2ccc(N)c(Cl)c2)cc1OCC. The van der Waals surface area contributed by atoms with Crippen molar-refractivity contribution in [1.82, 2.24) is 0 Å². The van der Waals surface area contributed by atoms with Crippen molar-refractivity contribution in [2.45, 2.75) is 13.8 Å². The standard InChI is InChI=1S/C18H20ClN3O4/c1-3-25-15-8-6-12(10-16(15)26-4-2)22-18(24)17(23)21-11-5-7-14(20)13(19)9-11/h5-10H,3-4,20H2,1-2H3,(H,21,23)(H,22,24). The molecule has 0 bridgehead atoms. The fraction of sp³-hybridized carbons (Fsp3) is 0.222. The molecule has 2 amide bonds. The molecule has 26 heavy (non-hydrogen) atoms. The number of amides is 2. The molecule has 2 aromatic carbocycles. The molecule has 0 saturated carbocycles. The Kier molecular flexibility index (Phi) is 6.68. The Hall–Kier alpha value is -2.93. The van der Waals surface area contributed by atoms with Gasteiger partial charge in [0.25, 0.3) is 0 Å². The number of benzene rings is 2. The second-order valence-corrected chi connectivity index (χ2v) is 5.58. The van der Waals surface area contributed by atoms with Gasteiger partial charge >= 0.3 is 11.8 Å². The summed E-state index contributed by atoms with van der Waals surface area (Å²) in [4.78, 5) is 24.1. The third-order valence-electron chi connectivity index (χ3n) is 3.27. The molecular formula is C18H20ClN3O4. The zero-order chi connectivity index (χ0) is 19.1. The van der Waals surface area contributed by atoms with Crippen molar-refractivity contribution in [3.05, 3.63) is 41.4 Å². The summed E-state index contributed by atoms with van der Waals surface area (Å²) in [7, 11) is 0. The number of ether oxygens (including phenoxy) is 2. The summed E-state index contributed by atoms with van der Waals surface area (Å²) >= 11 is 5.89. The van der Waals surface area contributed by atoms with Gasteiger partial charge in [-0.1, -0.05) is 11.6 Å². The Morgan fingerprint density at radius 3 is 2.04 bits per heavy atom. The largest absolute Gasteiger partial charge is 0.490 e. The maximum absolute atomic E-state index is 12.1. The van der Waals surface area contributed by atoms with Crippen LogP contribution in [0.5, 0.6) is 11.5 Å².